The minimum atomic E-state index is -0.233. The minimum Gasteiger partial charge on any atom is -0.496 e. The summed E-state index contributed by atoms with van der Waals surface area (Å²) in [6, 6.07) is 13.9. The number of rotatable bonds is 7. The van der Waals surface area contributed by atoms with Crippen LogP contribution >= 0.6 is 0 Å². The number of carbonyl (C=O) groups is 2. The number of aldehydes is 1. The van der Waals surface area contributed by atoms with E-state index in [4.69, 9.17) is 9.47 Å². The van der Waals surface area contributed by atoms with Crippen LogP contribution in [0.2, 0.25) is 0 Å². The molecule has 0 aliphatic carbocycles. The van der Waals surface area contributed by atoms with E-state index in [1.807, 2.05) is 31.2 Å². The van der Waals surface area contributed by atoms with Gasteiger partial charge in [0.2, 0.25) is 0 Å². The fourth-order valence-corrected chi connectivity index (χ4v) is 2.18. The maximum Gasteiger partial charge on any atom is 0.258 e. The van der Waals surface area contributed by atoms with Gasteiger partial charge in [-0.1, -0.05) is 18.2 Å². The molecule has 120 valence electrons. The molecular weight excluding hydrogens is 294 g/mol. The number of methoxy groups -OCH3 is 1. The van der Waals surface area contributed by atoms with Crippen LogP contribution in [-0.4, -0.2) is 25.9 Å². The van der Waals surface area contributed by atoms with E-state index >= 15 is 0 Å². The number of amides is 1. The van der Waals surface area contributed by atoms with Crippen LogP contribution in [0.25, 0.3) is 0 Å². The summed E-state index contributed by atoms with van der Waals surface area (Å²) in [6.07, 6.45) is 0.755. The fourth-order valence-electron chi connectivity index (χ4n) is 2.18. The van der Waals surface area contributed by atoms with Crippen molar-refractivity contribution >= 4 is 12.2 Å². The van der Waals surface area contributed by atoms with Crippen LogP contribution in [-0.2, 0) is 4.79 Å². The number of hydrogen-bond donors (Lipinski definition) is 1. The van der Waals surface area contributed by atoms with E-state index in [0.29, 0.717) is 11.3 Å². The Morgan fingerprint density at radius 3 is 2.52 bits per heavy atom. The molecule has 2 rings (SSSR count). The molecule has 2 aromatic carbocycles. The highest BCUT2D eigenvalue weighted by atomic mass is 16.5. The van der Waals surface area contributed by atoms with Gasteiger partial charge in [0.05, 0.1) is 13.2 Å². The summed E-state index contributed by atoms with van der Waals surface area (Å²) in [5.74, 6) is 1.03. The number of para-hydroxylation sites is 1. The summed E-state index contributed by atoms with van der Waals surface area (Å²) < 4.78 is 10.7. The highest BCUT2D eigenvalue weighted by Gasteiger charge is 2.13. The van der Waals surface area contributed by atoms with Crippen molar-refractivity contribution in [1.29, 1.82) is 0 Å². The average Bonchev–Trinajstić information content (AvgIpc) is 2.60. The topological polar surface area (TPSA) is 64.6 Å². The van der Waals surface area contributed by atoms with Gasteiger partial charge < -0.3 is 14.8 Å². The third-order valence-electron chi connectivity index (χ3n) is 3.37. The van der Waals surface area contributed by atoms with E-state index in [1.54, 1.807) is 31.4 Å². The molecule has 0 aliphatic rings. The molecule has 0 heterocycles. The normalized spacial score (nSPS) is 11.4. The maximum absolute atomic E-state index is 12.0. The predicted octanol–water partition coefficient (Wildman–Crippen LogP) is 2.76. The zero-order valence-electron chi connectivity index (χ0n) is 13.1. The second-order valence-corrected chi connectivity index (χ2v) is 5.01. The van der Waals surface area contributed by atoms with Crippen molar-refractivity contribution < 1.29 is 19.1 Å². The summed E-state index contributed by atoms with van der Waals surface area (Å²) in [5.41, 5.74) is 1.46. The van der Waals surface area contributed by atoms with Gasteiger partial charge in [-0.3, -0.25) is 9.59 Å². The van der Waals surface area contributed by atoms with Crippen LogP contribution in [0.3, 0.4) is 0 Å². The molecule has 0 aliphatic heterocycles. The van der Waals surface area contributed by atoms with Crippen LogP contribution in [0.5, 0.6) is 11.5 Å². The molecule has 5 nitrogen and oxygen atoms in total. The Labute approximate surface area is 135 Å². The highest BCUT2D eigenvalue weighted by Crippen LogP contribution is 2.24. The first-order chi connectivity index (χ1) is 11.1. The molecule has 0 aromatic heterocycles. The minimum absolute atomic E-state index is 0.0973. The molecule has 1 N–H and O–H groups in total. The Morgan fingerprint density at radius 2 is 1.87 bits per heavy atom. The van der Waals surface area contributed by atoms with E-state index in [-0.39, 0.29) is 18.6 Å². The Kier molecular flexibility index (Phi) is 5.74. The standard InChI is InChI=1S/C18H19NO4/c1-13(16-5-3-4-6-17(16)22-2)19-18(21)12-23-15-9-7-14(11-20)8-10-15/h3-11,13H,12H2,1-2H3,(H,19,21). The average molecular weight is 313 g/mol. The van der Waals surface area contributed by atoms with Crippen molar-refractivity contribution in [2.75, 3.05) is 13.7 Å². The number of benzene rings is 2. The van der Waals surface area contributed by atoms with E-state index in [1.165, 1.54) is 0 Å². The monoisotopic (exact) mass is 313 g/mol. The van der Waals surface area contributed by atoms with Crippen molar-refractivity contribution in [1.82, 2.24) is 5.32 Å². The highest BCUT2D eigenvalue weighted by molar-refractivity contribution is 5.78. The lowest BCUT2D eigenvalue weighted by Crippen LogP contribution is -2.31. The first-order valence-corrected chi connectivity index (χ1v) is 7.24. The zero-order valence-corrected chi connectivity index (χ0v) is 13.1. The van der Waals surface area contributed by atoms with Gasteiger partial charge in [0.15, 0.2) is 6.61 Å². The molecule has 1 amide bonds. The van der Waals surface area contributed by atoms with Gasteiger partial charge in [0, 0.05) is 11.1 Å². The quantitative estimate of drug-likeness (QED) is 0.798. The number of hydrogen-bond acceptors (Lipinski definition) is 4. The third-order valence-corrected chi connectivity index (χ3v) is 3.37. The lowest BCUT2D eigenvalue weighted by molar-refractivity contribution is -0.123. The van der Waals surface area contributed by atoms with Crippen LogP contribution in [0, 0.1) is 0 Å². The van der Waals surface area contributed by atoms with Gasteiger partial charge >= 0.3 is 0 Å². The molecule has 1 atom stereocenters. The van der Waals surface area contributed by atoms with Gasteiger partial charge in [-0.25, -0.2) is 0 Å². The molecular formula is C18H19NO4. The molecule has 0 saturated carbocycles. The Hall–Kier alpha value is -2.82. The van der Waals surface area contributed by atoms with Crippen LogP contribution in [0.1, 0.15) is 28.9 Å². The van der Waals surface area contributed by atoms with Gasteiger partial charge in [0.1, 0.15) is 17.8 Å². The SMILES string of the molecule is COc1ccccc1C(C)NC(=O)COc1ccc(C=O)cc1. The number of carbonyl (C=O) groups excluding carboxylic acids is 2. The second kappa shape index (κ2) is 7.98. The van der Waals surface area contributed by atoms with Crippen molar-refractivity contribution in [3.05, 3.63) is 59.7 Å². The lowest BCUT2D eigenvalue weighted by atomic mass is 10.1. The van der Waals surface area contributed by atoms with Gasteiger partial charge in [-0.2, -0.15) is 0 Å². The molecule has 0 bridgehead atoms. The Bertz CT molecular complexity index is 667. The first-order valence-electron chi connectivity index (χ1n) is 7.24. The van der Waals surface area contributed by atoms with E-state index < -0.39 is 0 Å². The summed E-state index contributed by atoms with van der Waals surface area (Å²) >= 11 is 0. The molecule has 23 heavy (non-hydrogen) atoms. The molecule has 5 heteroatoms. The maximum atomic E-state index is 12.0. The predicted molar refractivity (Wildman–Crippen MR) is 86.9 cm³/mol. The fraction of sp³-hybridized carbons (Fsp3) is 0.222. The van der Waals surface area contributed by atoms with Crippen LogP contribution < -0.4 is 14.8 Å². The molecule has 0 saturated heterocycles. The van der Waals surface area contributed by atoms with Crippen LogP contribution in [0.4, 0.5) is 0 Å². The van der Waals surface area contributed by atoms with Crippen LogP contribution in [0.15, 0.2) is 48.5 Å². The summed E-state index contributed by atoms with van der Waals surface area (Å²) in [4.78, 5) is 22.6. The van der Waals surface area contributed by atoms with Gasteiger partial charge in [-0.15, -0.1) is 0 Å². The molecule has 0 radical (unpaired) electrons. The smallest absolute Gasteiger partial charge is 0.258 e. The molecule has 0 fully saturated rings. The first kappa shape index (κ1) is 16.5. The number of ether oxygens (including phenoxy) is 2. The van der Waals surface area contributed by atoms with Crippen molar-refractivity contribution in [3.8, 4) is 11.5 Å². The lowest BCUT2D eigenvalue weighted by Gasteiger charge is -2.17. The van der Waals surface area contributed by atoms with E-state index in [2.05, 4.69) is 5.32 Å². The van der Waals surface area contributed by atoms with Crippen molar-refractivity contribution in [2.45, 2.75) is 13.0 Å². The summed E-state index contributed by atoms with van der Waals surface area (Å²) in [5, 5.41) is 2.86. The number of nitrogens with one attached hydrogen (secondary N) is 1. The zero-order chi connectivity index (χ0) is 16.7. The Morgan fingerprint density at radius 1 is 1.17 bits per heavy atom. The molecule has 2 aromatic rings. The third kappa shape index (κ3) is 4.57. The Balaban J connectivity index is 1.89. The second-order valence-electron chi connectivity index (χ2n) is 5.01. The molecule has 0 spiro atoms. The summed E-state index contributed by atoms with van der Waals surface area (Å²) in [6.45, 7) is 1.79. The van der Waals surface area contributed by atoms with Gasteiger partial charge in [-0.05, 0) is 37.3 Å². The van der Waals surface area contributed by atoms with Crippen molar-refractivity contribution in [2.24, 2.45) is 0 Å². The molecule has 1 unspecified atom stereocenters. The van der Waals surface area contributed by atoms with E-state index in [0.717, 1.165) is 17.6 Å². The van der Waals surface area contributed by atoms with E-state index in [9.17, 15) is 9.59 Å². The van der Waals surface area contributed by atoms with Crippen molar-refractivity contribution in [3.63, 3.8) is 0 Å². The largest absolute Gasteiger partial charge is 0.496 e. The summed E-state index contributed by atoms with van der Waals surface area (Å²) in [7, 11) is 1.60. The van der Waals surface area contributed by atoms with Gasteiger partial charge in [0.25, 0.3) is 5.91 Å².